The van der Waals surface area contributed by atoms with E-state index in [1.807, 2.05) is 73.1 Å². The van der Waals surface area contributed by atoms with Crippen LogP contribution in [0.15, 0.2) is 108 Å². The summed E-state index contributed by atoms with van der Waals surface area (Å²) in [5.41, 5.74) is 6.07. The molecule has 5 aromatic rings. The van der Waals surface area contributed by atoms with Crippen LogP contribution in [0, 0.1) is 13.8 Å². The Morgan fingerprint density at radius 1 is 0.735 bits per heavy atom. The third-order valence-electron chi connectivity index (χ3n) is 6.36. The Morgan fingerprint density at radius 2 is 1.29 bits per heavy atom. The number of benzene rings is 4. The van der Waals surface area contributed by atoms with Crippen molar-refractivity contribution in [3.8, 4) is 0 Å². The molecule has 1 aromatic heterocycles. The van der Waals surface area contributed by atoms with Gasteiger partial charge in [0.05, 0.1) is 16.9 Å². The molecule has 0 unspecified atom stereocenters. The van der Waals surface area contributed by atoms with E-state index in [2.05, 4.69) is 60.4 Å². The first kappa shape index (κ1) is 21.7. The van der Waals surface area contributed by atoms with Gasteiger partial charge in [0.25, 0.3) is 5.56 Å². The zero-order valence-corrected chi connectivity index (χ0v) is 19.6. The van der Waals surface area contributed by atoms with Crippen molar-refractivity contribution >= 4 is 22.3 Å². The van der Waals surface area contributed by atoms with Gasteiger partial charge in [-0.1, -0.05) is 78.4 Å². The second-order valence-corrected chi connectivity index (χ2v) is 8.65. The van der Waals surface area contributed by atoms with Crippen molar-refractivity contribution in [2.45, 2.75) is 19.9 Å². The van der Waals surface area contributed by atoms with Crippen LogP contribution in [0.5, 0.6) is 0 Å². The van der Waals surface area contributed by atoms with E-state index in [4.69, 9.17) is 4.98 Å². The van der Waals surface area contributed by atoms with E-state index in [0.717, 1.165) is 22.5 Å². The fourth-order valence-electron chi connectivity index (χ4n) is 4.49. The molecule has 0 atom stereocenters. The lowest BCUT2D eigenvalue weighted by molar-refractivity contribution is 0.620. The number of hydrogen-bond donors (Lipinski definition) is 0. The van der Waals surface area contributed by atoms with E-state index in [1.54, 1.807) is 0 Å². The van der Waals surface area contributed by atoms with Gasteiger partial charge in [0.1, 0.15) is 5.82 Å². The van der Waals surface area contributed by atoms with Gasteiger partial charge < -0.3 is 4.90 Å². The first-order valence-electron chi connectivity index (χ1n) is 11.5. The van der Waals surface area contributed by atoms with E-state index < -0.39 is 0 Å². The van der Waals surface area contributed by atoms with Crippen LogP contribution in [0.25, 0.3) is 10.9 Å². The molecule has 0 saturated heterocycles. The van der Waals surface area contributed by atoms with Gasteiger partial charge in [-0.25, -0.2) is 4.98 Å². The van der Waals surface area contributed by atoms with Crippen LogP contribution in [-0.2, 0) is 0 Å². The lowest BCUT2D eigenvalue weighted by Crippen LogP contribution is -2.29. The Balaban J connectivity index is 1.64. The second-order valence-electron chi connectivity index (χ2n) is 8.65. The van der Waals surface area contributed by atoms with Crippen molar-refractivity contribution < 1.29 is 0 Å². The monoisotopic (exact) mass is 445 g/mol. The maximum atomic E-state index is 13.8. The molecule has 0 aliphatic rings. The van der Waals surface area contributed by atoms with E-state index in [9.17, 15) is 4.79 Å². The van der Waals surface area contributed by atoms with Crippen LogP contribution in [0.1, 0.15) is 28.6 Å². The number of aryl methyl sites for hydroxylation is 2. The molecule has 1 heterocycles. The molecule has 4 aromatic carbocycles. The van der Waals surface area contributed by atoms with Gasteiger partial charge in [-0.3, -0.25) is 9.36 Å². The minimum atomic E-state index is -0.248. The summed E-state index contributed by atoms with van der Waals surface area (Å²) in [6.45, 7) is 3.99. The van der Waals surface area contributed by atoms with Crippen LogP contribution in [0.2, 0.25) is 0 Å². The standard InChI is InChI=1S/C30H27N3O/c1-21-14-16-25(17-15-21)32(3)26-18-19-27-28(20-26)31-22(2)33(30(27)34)29(23-10-6-4-7-11-23)24-12-8-5-9-13-24/h4-20,29H,1-3H3. The van der Waals surface area contributed by atoms with Crippen molar-refractivity contribution in [2.75, 3.05) is 11.9 Å². The van der Waals surface area contributed by atoms with Gasteiger partial charge in [0.2, 0.25) is 0 Å². The summed E-state index contributed by atoms with van der Waals surface area (Å²) in [6, 6.07) is 34.3. The molecular weight excluding hydrogens is 418 g/mol. The Morgan fingerprint density at radius 3 is 1.88 bits per heavy atom. The minimum absolute atomic E-state index is 0.0373. The molecule has 5 rings (SSSR count). The van der Waals surface area contributed by atoms with Crippen LogP contribution >= 0.6 is 0 Å². The van der Waals surface area contributed by atoms with Gasteiger partial charge in [-0.2, -0.15) is 0 Å². The Bertz CT molecular complexity index is 1450. The summed E-state index contributed by atoms with van der Waals surface area (Å²) in [6.07, 6.45) is 0. The molecular formula is C30H27N3O. The lowest BCUT2D eigenvalue weighted by Gasteiger charge is -2.24. The van der Waals surface area contributed by atoms with Crippen molar-refractivity contribution in [1.82, 2.24) is 9.55 Å². The van der Waals surface area contributed by atoms with Gasteiger partial charge >= 0.3 is 0 Å². The average molecular weight is 446 g/mol. The van der Waals surface area contributed by atoms with Crippen molar-refractivity contribution in [2.24, 2.45) is 0 Å². The average Bonchev–Trinajstić information content (AvgIpc) is 2.87. The SMILES string of the molecule is Cc1ccc(N(C)c2ccc3c(=O)n(C(c4ccccc4)c4ccccc4)c(C)nc3c2)cc1. The maximum Gasteiger partial charge on any atom is 0.262 e. The first-order valence-corrected chi connectivity index (χ1v) is 11.5. The molecule has 0 radical (unpaired) electrons. The normalized spacial score (nSPS) is 11.2. The van der Waals surface area contributed by atoms with Gasteiger partial charge in [0, 0.05) is 18.4 Å². The summed E-state index contributed by atoms with van der Waals surface area (Å²) >= 11 is 0. The molecule has 0 amide bonds. The molecule has 0 N–H and O–H groups in total. The number of anilines is 2. The molecule has 0 aliphatic heterocycles. The zero-order valence-electron chi connectivity index (χ0n) is 19.6. The molecule has 0 aliphatic carbocycles. The van der Waals surface area contributed by atoms with Gasteiger partial charge in [-0.15, -0.1) is 0 Å². The topological polar surface area (TPSA) is 38.1 Å². The van der Waals surface area contributed by atoms with Crippen molar-refractivity contribution in [1.29, 1.82) is 0 Å². The molecule has 0 spiro atoms. The molecule has 0 bridgehead atoms. The Hall–Kier alpha value is -4.18. The maximum absolute atomic E-state index is 13.8. The van der Waals surface area contributed by atoms with Crippen molar-refractivity contribution in [3.05, 3.63) is 136 Å². The minimum Gasteiger partial charge on any atom is -0.345 e. The summed E-state index contributed by atoms with van der Waals surface area (Å²) in [7, 11) is 2.03. The van der Waals surface area contributed by atoms with Crippen molar-refractivity contribution in [3.63, 3.8) is 0 Å². The highest BCUT2D eigenvalue weighted by Crippen LogP contribution is 2.29. The van der Waals surface area contributed by atoms with Crippen LogP contribution < -0.4 is 10.5 Å². The number of hydrogen-bond acceptors (Lipinski definition) is 3. The van der Waals surface area contributed by atoms with E-state index in [1.165, 1.54) is 5.56 Å². The number of fused-ring (bicyclic) bond motifs is 1. The van der Waals surface area contributed by atoms with Crippen LogP contribution in [0.4, 0.5) is 11.4 Å². The van der Waals surface area contributed by atoms with E-state index in [0.29, 0.717) is 16.7 Å². The smallest absolute Gasteiger partial charge is 0.262 e. The molecule has 0 fully saturated rings. The van der Waals surface area contributed by atoms with Gasteiger partial charge in [-0.05, 0) is 55.3 Å². The van der Waals surface area contributed by atoms with Crippen LogP contribution in [0.3, 0.4) is 0 Å². The second kappa shape index (κ2) is 8.99. The fourth-order valence-corrected chi connectivity index (χ4v) is 4.49. The molecule has 4 heteroatoms. The number of nitrogens with zero attached hydrogens (tertiary/aromatic N) is 3. The van der Waals surface area contributed by atoms with E-state index >= 15 is 0 Å². The Kier molecular flexibility index (Phi) is 5.72. The number of aromatic nitrogens is 2. The summed E-state index contributed by atoms with van der Waals surface area (Å²) < 4.78 is 1.82. The zero-order chi connectivity index (χ0) is 23.7. The summed E-state index contributed by atoms with van der Waals surface area (Å²) in [5, 5.41) is 0.614. The quantitative estimate of drug-likeness (QED) is 0.313. The highest BCUT2D eigenvalue weighted by atomic mass is 16.1. The predicted octanol–water partition coefficient (Wildman–Crippen LogP) is 6.42. The number of rotatable bonds is 5. The fraction of sp³-hybridized carbons (Fsp3) is 0.133. The first-order chi connectivity index (χ1) is 16.5. The van der Waals surface area contributed by atoms with E-state index in [-0.39, 0.29) is 11.6 Å². The molecule has 0 saturated carbocycles. The highest BCUT2D eigenvalue weighted by molar-refractivity contribution is 5.83. The third-order valence-corrected chi connectivity index (χ3v) is 6.36. The lowest BCUT2D eigenvalue weighted by atomic mass is 9.98. The van der Waals surface area contributed by atoms with Crippen LogP contribution in [-0.4, -0.2) is 16.6 Å². The highest BCUT2D eigenvalue weighted by Gasteiger charge is 2.21. The summed E-state index contributed by atoms with van der Waals surface area (Å²) in [5.74, 6) is 0.686. The third kappa shape index (κ3) is 3.99. The molecule has 4 nitrogen and oxygen atoms in total. The predicted molar refractivity (Wildman–Crippen MR) is 140 cm³/mol. The largest absolute Gasteiger partial charge is 0.345 e. The molecule has 34 heavy (non-hydrogen) atoms. The van der Waals surface area contributed by atoms with Gasteiger partial charge in [0.15, 0.2) is 0 Å². The Labute approximate surface area is 199 Å². The summed E-state index contributed by atoms with van der Waals surface area (Å²) in [4.78, 5) is 20.8. The molecule has 168 valence electrons.